The lowest BCUT2D eigenvalue weighted by Gasteiger charge is -2.02. The predicted octanol–water partition coefficient (Wildman–Crippen LogP) is 3.34. The Bertz CT molecular complexity index is 850. The lowest BCUT2D eigenvalue weighted by molar-refractivity contribution is 0.102. The second kappa shape index (κ2) is 5.42. The van der Waals surface area contributed by atoms with Crippen molar-refractivity contribution in [2.45, 2.75) is 25.3 Å². The molecule has 1 fully saturated rings. The van der Waals surface area contributed by atoms with E-state index in [0.717, 1.165) is 20.9 Å². The summed E-state index contributed by atoms with van der Waals surface area (Å²) < 4.78 is 1.11. The summed E-state index contributed by atoms with van der Waals surface area (Å²) in [5, 5.41) is 6.59. The van der Waals surface area contributed by atoms with Crippen LogP contribution in [-0.2, 0) is 6.54 Å². The number of fused-ring (bicyclic) bond motifs is 1. The number of hydrogen-bond acceptors (Lipinski definition) is 6. The molecule has 0 unspecified atom stereocenters. The van der Waals surface area contributed by atoms with Gasteiger partial charge in [0.25, 0.3) is 5.91 Å². The SMILES string of the molecule is NCc1nc(C(=O)Nc2ccc3nc(C4CC4)sc3c2)cs1. The van der Waals surface area contributed by atoms with E-state index in [-0.39, 0.29) is 5.91 Å². The molecule has 1 aromatic carbocycles. The van der Waals surface area contributed by atoms with Crippen LogP contribution in [-0.4, -0.2) is 15.9 Å². The molecule has 1 aliphatic carbocycles. The van der Waals surface area contributed by atoms with Crippen molar-refractivity contribution >= 4 is 44.5 Å². The Morgan fingerprint density at radius 3 is 2.95 bits per heavy atom. The summed E-state index contributed by atoms with van der Waals surface area (Å²) in [5.74, 6) is 0.447. The molecule has 112 valence electrons. The maximum Gasteiger partial charge on any atom is 0.275 e. The highest BCUT2D eigenvalue weighted by atomic mass is 32.1. The maximum atomic E-state index is 12.2. The summed E-state index contributed by atoms with van der Waals surface area (Å²) in [6.45, 7) is 0.356. The van der Waals surface area contributed by atoms with Gasteiger partial charge in [0, 0.05) is 23.5 Å². The number of carbonyl (C=O) groups is 1. The molecular weight excluding hydrogens is 316 g/mol. The highest BCUT2D eigenvalue weighted by Gasteiger charge is 2.27. The van der Waals surface area contributed by atoms with E-state index in [1.807, 2.05) is 18.2 Å². The number of hydrogen-bond donors (Lipinski definition) is 2. The summed E-state index contributed by atoms with van der Waals surface area (Å²) in [7, 11) is 0. The van der Waals surface area contributed by atoms with Gasteiger partial charge in [-0.3, -0.25) is 4.79 Å². The predicted molar refractivity (Wildman–Crippen MR) is 89.6 cm³/mol. The number of nitrogens with zero attached hydrogens (tertiary/aromatic N) is 2. The highest BCUT2D eigenvalue weighted by Crippen LogP contribution is 2.43. The molecule has 0 aliphatic heterocycles. The van der Waals surface area contributed by atoms with E-state index in [0.29, 0.717) is 18.2 Å². The van der Waals surface area contributed by atoms with Gasteiger partial charge in [-0.2, -0.15) is 0 Å². The molecule has 0 spiro atoms. The maximum absolute atomic E-state index is 12.2. The molecule has 22 heavy (non-hydrogen) atoms. The minimum absolute atomic E-state index is 0.206. The summed E-state index contributed by atoms with van der Waals surface area (Å²) >= 11 is 3.12. The fourth-order valence-corrected chi connectivity index (χ4v) is 4.06. The highest BCUT2D eigenvalue weighted by molar-refractivity contribution is 7.18. The number of nitrogens with one attached hydrogen (secondary N) is 1. The number of rotatable bonds is 4. The average Bonchev–Trinajstić information content (AvgIpc) is 3.11. The van der Waals surface area contributed by atoms with Crippen LogP contribution in [0.5, 0.6) is 0 Å². The second-order valence-electron chi connectivity index (χ2n) is 5.29. The number of anilines is 1. The first-order chi connectivity index (χ1) is 10.7. The third-order valence-corrected chi connectivity index (χ3v) is 5.60. The Morgan fingerprint density at radius 2 is 2.23 bits per heavy atom. The van der Waals surface area contributed by atoms with Crippen molar-refractivity contribution in [2.75, 3.05) is 5.32 Å². The van der Waals surface area contributed by atoms with Crippen LogP contribution in [0.1, 0.15) is 39.3 Å². The molecule has 4 rings (SSSR count). The molecule has 1 amide bonds. The topological polar surface area (TPSA) is 80.9 Å². The van der Waals surface area contributed by atoms with Gasteiger partial charge in [-0.15, -0.1) is 22.7 Å². The molecule has 0 saturated heterocycles. The molecule has 1 aliphatic rings. The molecule has 0 radical (unpaired) electrons. The number of nitrogens with two attached hydrogens (primary N) is 1. The summed E-state index contributed by atoms with van der Waals surface area (Å²) in [6.07, 6.45) is 2.49. The van der Waals surface area contributed by atoms with E-state index in [4.69, 9.17) is 5.73 Å². The van der Waals surface area contributed by atoms with Crippen LogP contribution in [0.25, 0.3) is 10.2 Å². The van der Waals surface area contributed by atoms with Crippen molar-refractivity contribution in [2.24, 2.45) is 5.73 Å². The first-order valence-electron chi connectivity index (χ1n) is 7.09. The standard InChI is InChI=1S/C15H14N4OS2/c16-6-13-18-11(7-21-13)14(20)17-9-3-4-10-12(5-9)22-15(19-10)8-1-2-8/h3-5,7-8H,1-2,6,16H2,(H,17,20). The van der Waals surface area contributed by atoms with Crippen LogP contribution in [0.4, 0.5) is 5.69 Å². The van der Waals surface area contributed by atoms with Gasteiger partial charge >= 0.3 is 0 Å². The van der Waals surface area contributed by atoms with Gasteiger partial charge in [-0.1, -0.05) is 0 Å². The summed E-state index contributed by atoms with van der Waals surface area (Å²) in [6, 6.07) is 5.82. The Labute approximate surface area is 135 Å². The van der Waals surface area contributed by atoms with Gasteiger partial charge in [-0.25, -0.2) is 9.97 Å². The largest absolute Gasteiger partial charge is 0.325 e. The van der Waals surface area contributed by atoms with Crippen LogP contribution in [0.3, 0.4) is 0 Å². The minimum atomic E-state index is -0.206. The van der Waals surface area contributed by atoms with E-state index in [1.54, 1.807) is 16.7 Å². The summed E-state index contributed by atoms with van der Waals surface area (Å²) in [4.78, 5) is 21.0. The first-order valence-corrected chi connectivity index (χ1v) is 8.79. The van der Waals surface area contributed by atoms with Crippen LogP contribution >= 0.6 is 22.7 Å². The van der Waals surface area contributed by atoms with Crippen LogP contribution in [0.2, 0.25) is 0 Å². The number of aromatic nitrogens is 2. The lowest BCUT2D eigenvalue weighted by atomic mass is 10.3. The third-order valence-electron chi connectivity index (χ3n) is 3.55. The molecule has 0 bridgehead atoms. The normalized spacial score (nSPS) is 14.4. The van der Waals surface area contributed by atoms with Gasteiger partial charge in [0.1, 0.15) is 10.7 Å². The minimum Gasteiger partial charge on any atom is -0.325 e. The van der Waals surface area contributed by atoms with Crippen molar-refractivity contribution in [3.05, 3.63) is 39.3 Å². The fourth-order valence-electron chi connectivity index (χ4n) is 2.23. The van der Waals surface area contributed by atoms with Crippen LogP contribution in [0, 0.1) is 0 Å². The smallest absolute Gasteiger partial charge is 0.275 e. The van der Waals surface area contributed by atoms with Crippen molar-refractivity contribution in [1.29, 1.82) is 0 Å². The zero-order chi connectivity index (χ0) is 15.1. The zero-order valence-corrected chi connectivity index (χ0v) is 13.3. The van der Waals surface area contributed by atoms with E-state index in [2.05, 4.69) is 15.3 Å². The summed E-state index contributed by atoms with van der Waals surface area (Å²) in [5.41, 5.74) is 7.70. The second-order valence-corrected chi connectivity index (χ2v) is 7.30. The van der Waals surface area contributed by atoms with E-state index in [9.17, 15) is 4.79 Å². The van der Waals surface area contributed by atoms with Crippen LogP contribution < -0.4 is 11.1 Å². The number of benzene rings is 1. The molecule has 1 saturated carbocycles. The first kappa shape index (κ1) is 13.8. The third kappa shape index (κ3) is 2.63. The van der Waals surface area contributed by atoms with E-state index < -0.39 is 0 Å². The van der Waals surface area contributed by atoms with Crippen molar-refractivity contribution < 1.29 is 4.79 Å². The average molecular weight is 330 g/mol. The molecule has 3 aromatic rings. The Morgan fingerprint density at radius 1 is 1.36 bits per heavy atom. The molecule has 2 heterocycles. The molecule has 3 N–H and O–H groups in total. The number of amides is 1. The van der Waals surface area contributed by atoms with Gasteiger partial charge in [-0.05, 0) is 31.0 Å². The molecule has 5 nitrogen and oxygen atoms in total. The van der Waals surface area contributed by atoms with Crippen molar-refractivity contribution in [3.63, 3.8) is 0 Å². The fraction of sp³-hybridized carbons (Fsp3) is 0.267. The van der Waals surface area contributed by atoms with Gasteiger partial charge in [0.2, 0.25) is 0 Å². The van der Waals surface area contributed by atoms with Gasteiger partial charge in [0.15, 0.2) is 0 Å². The monoisotopic (exact) mass is 330 g/mol. The van der Waals surface area contributed by atoms with Crippen molar-refractivity contribution in [1.82, 2.24) is 9.97 Å². The Balaban J connectivity index is 1.56. The molecule has 0 atom stereocenters. The lowest BCUT2D eigenvalue weighted by Crippen LogP contribution is -2.12. The molecule has 2 aromatic heterocycles. The van der Waals surface area contributed by atoms with Gasteiger partial charge in [0.05, 0.1) is 15.2 Å². The zero-order valence-electron chi connectivity index (χ0n) is 11.7. The Hall–Kier alpha value is -1.83. The molecule has 7 heteroatoms. The van der Waals surface area contributed by atoms with Crippen molar-refractivity contribution in [3.8, 4) is 0 Å². The Kier molecular flexibility index (Phi) is 3.40. The van der Waals surface area contributed by atoms with E-state index in [1.165, 1.54) is 29.2 Å². The van der Waals surface area contributed by atoms with Gasteiger partial charge < -0.3 is 11.1 Å². The van der Waals surface area contributed by atoms with Crippen LogP contribution in [0.15, 0.2) is 23.6 Å². The number of carbonyl (C=O) groups excluding carboxylic acids is 1. The van der Waals surface area contributed by atoms with E-state index >= 15 is 0 Å². The number of thiazole rings is 2. The molecular formula is C15H14N4OS2. The quantitative estimate of drug-likeness (QED) is 0.769.